The molecule has 0 radical (unpaired) electrons. The van der Waals surface area contributed by atoms with Crippen LogP contribution in [0.15, 0.2) is 167 Å². The van der Waals surface area contributed by atoms with Crippen molar-refractivity contribution in [2.24, 2.45) is 0 Å². The van der Waals surface area contributed by atoms with E-state index >= 15 is 0 Å². The third kappa shape index (κ3) is 6.72. The van der Waals surface area contributed by atoms with Crippen molar-refractivity contribution >= 4 is 135 Å². The predicted molar refractivity (Wildman–Crippen MR) is 245 cm³/mol. The van der Waals surface area contributed by atoms with Gasteiger partial charge in [0.05, 0.1) is 28.9 Å². The highest BCUT2D eigenvalue weighted by molar-refractivity contribution is 6.59. The zero-order valence-electron chi connectivity index (χ0n) is 31.2. The summed E-state index contributed by atoms with van der Waals surface area (Å²) in [6, 6.07) is 47.2. The Morgan fingerprint density at radius 2 is 0.900 bits per heavy atom. The number of hydrogen-bond donors (Lipinski definition) is 2. The van der Waals surface area contributed by atoms with Crippen LogP contribution in [0, 0.1) is 0 Å². The fraction of sp³-hybridized carbons (Fsp3) is 0. The minimum Gasteiger partial charge on any atom is -0.436 e. The third-order valence-corrected chi connectivity index (χ3v) is 11.0. The van der Waals surface area contributed by atoms with E-state index < -0.39 is 7.12 Å². The average Bonchev–Trinajstić information content (AvgIpc) is 3.86. The van der Waals surface area contributed by atoms with Crippen LogP contribution in [0.5, 0.6) is 0 Å². The number of rotatable bonds is 2. The van der Waals surface area contributed by atoms with E-state index in [0.29, 0.717) is 37.6 Å². The minimum absolute atomic E-state index is 0.368. The lowest BCUT2D eigenvalue weighted by Crippen LogP contribution is -2.29. The molecule has 60 heavy (non-hydrogen) atoms. The highest BCUT2D eigenvalue weighted by Crippen LogP contribution is 2.41. The molecule has 12 aromatic rings. The monoisotopic (exact) mass is 840 g/mol. The first-order chi connectivity index (χ1) is 29.3. The number of benzene rings is 8. The van der Waals surface area contributed by atoms with Gasteiger partial charge in [-0.3, -0.25) is 0 Å². The van der Waals surface area contributed by atoms with Gasteiger partial charge in [0.15, 0.2) is 0 Å². The molecule has 0 fully saturated rings. The van der Waals surface area contributed by atoms with Gasteiger partial charge in [-0.2, -0.15) is 0 Å². The largest absolute Gasteiger partial charge is 0.488 e. The molecule has 0 saturated heterocycles. The Morgan fingerprint density at radius 3 is 1.40 bits per heavy atom. The summed E-state index contributed by atoms with van der Waals surface area (Å²) < 4.78 is 12.2. The topological polar surface area (TPSA) is 118 Å². The van der Waals surface area contributed by atoms with Gasteiger partial charge in [-0.1, -0.05) is 156 Å². The van der Waals surface area contributed by atoms with Gasteiger partial charge in [0, 0.05) is 26.4 Å². The summed E-state index contributed by atoms with van der Waals surface area (Å²) in [5, 5.41) is 29.9. The molecule has 0 spiro atoms. The number of aromatic nitrogens is 4. The first kappa shape index (κ1) is 37.7. The fourth-order valence-corrected chi connectivity index (χ4v) is 8.28. The number of nitrogens with zero attached hydrogens (tertiary/aromatic N) is 4. The quantitative estimate of drug-likeness (QED) is 0.130. The first-order valence-electron chi connectivity index (χ1n) is 18.8. The van der Waals surface area contributed by atoms with Crippen molar-refractivity contribution in [3.05, 3.63) is 173 Å². The second-order valence-corrected chi connectivity index (χ2v) is 15.2. The van der Waals surface area contributed by atoms with E-state index in [2.05, 4.69) is 75.6 Å². The minimum atomic E-state index is -1.43. The summed E-state index contributed by atoms with van der Waals surface area (Å²) in [7, 11) is -1.43. The Bertz CT molecular complexity index is 3610. The first-order valence-corrected chi connectivity index (χ1v) is 20.0. The van der Waals surface area contributed by atoms with Gasteiger partial charge in [0.2, 0.25) is 11.4 Å². The molecule has 0 unspecified atom stereocenters. The summed E-state index contributed by atoms with van der Waals surface area (Å²) in [4.78, 5) is 18.2. The predicted octanol–water partition coefficient (Wildman–Crippen LogP) is 12.4. The maximum Gasteiger partial charge on any atom is 0.488 e. The third-order valence-electron chi connectivity index (χ3n) is 10.4. The number of hydrogen-bond acceptors (Lipinski definition) is 8. The SMILES string of the molecule is Clc1cccc(-c2cnc3oc4c5ccccc5c5ccccc5c4c3n2)c1.Clc1cnc2oc3c4ccccc4c4ccccc4c3c2n1.OB(O)c1cccc(Cl)c1. The number of halogens is 3. The molecule has 8 aromatic carbocycles. The summed E-state index contributed by atoms with van der Waals surface area (Å²) in [5.74, 6) is 0. The standard InChI is InChI=1S/C24H13ClN2O.C18H9ClN2O.C6H6BClO2/c25-15-7-5-6-14(12-15)20-13-26-24-22(27-20)21-18-10-3-1-8-16(18)17-9-2-4-11-19(17)23(21)28-24;19-14-9-20-18-16(21-14)15-12-7-3-1-5-10(12)11-6-2-4-8-13(11)17(15)22-18;8-6-3-1-2-5(4-6)7(9)10/h1-13H;1-9H;1-4,9-10H. The second-order valence-electron chi connectivity index (χ2n) is 14.0. The Balaban J connectivity index is 0.000000120. The summed E-state index contributed by atoms with van der Waals surface area (Å²) in [6.45, 7) is 0. The molecule has 0 aliphatic rings. The molecule has 0 aliphatic carbocycles. The van der Waals surface area contributed by atoms with Gasteiger partial charge in [-0.15, -0.1) is 0 Å². The van der Waals surface area contributed by atoms with Crippen molar-refractivity contribution < 1.29 is 18.9 Å². The van der Waals surface area contributed by atoms with E-state index in [4.69, 9.17) is 58.7 Å². The maximum absolute atomic E-state index is 8.65. The molecule has 12 heteroatoms. The molecule has 288 valence electrons. The van der Waals surface area contributed by atoms with Crippen LogP contribution in [-0.4, -0.2) is 37.1 Å². The zero-order chi connectivity index (χ0) is 40.9. The van der Waals surface area contributed by atoms with Crippen LogP contribution in [0.2, 0.25) is 15.2 Å². The molecule has 4 heterocycles. The Labute approximate surface area is 356 Å². The van der Waals surface area contributed by atoms with E-state index in [1.54, 1.807) is 24.4 Å². The van der Waals surface area contributed by atoms with E-state index in [1.165, 1.54) is 28.4 Å². The van der Waals surface area contributed by atoms with E-state index in [1.807, 2.05) is 60.7 Å². The van der Waals surface area contributed by atoms with Crippen molar-refractivity contribution in [3.63, 3.8) is 0 Å². The van der Waals surface area contributed by atoms with Crippen molar-refractivity contribution in [2.75, 3.05) is 0 Å². The van der Waals surface area contributed by atoms with Gasteiger partial charge in [-0.05, 0) is 62.0 Å². The van der Waals surface area contributed by atoms with Crippen LogP contribution in [0.4, 0.5) is 0 Å². The van der Waals surface area contributed by atoms with Crippen LogP contribution in [0.3, 0.4) is 0 Å². The Morgan fingerprint density at radius 1 is 0.450 bits per heavy atom. The fourth-order valence-electron chi connectivity index (χ4n) is 7.76. The molecular formula is C48H28BCl3N4O4. The average molecular weight is 842 g/mol. The van der Waals surface area contributed by atoms with Gasteiger partial charge in [-0.25, -0.2) is 19.9 Å². The molecule has 2 N–H and O–H groups in total. The van der Waals surface area contributed by atoms with Gasteiger partial charge < -0.3 is 18.9 Å². The van der Waals surface area contributed by atoms with Crippen LogP contribution in [-0.2, 0) is 0 Å². The van der Waals surface area contributed by atoms with Crippen molar-refractivity contribution in [3.8, 4) is 11.3 Å². The lowest BCUT2D eigenvalue weighted by atomic mass is 9.81. The summed E-state index contributed by atoms with van der Waals surface area (Å²) in [5.41, 5.74) is 6.30. The van der Waals surface area contributed by atoms with E-state index in [9.17, 15) is 0 Å². The van der Waals surface area contributed by atoms with Crippen molar-refractivity contribution in [1.29, 1.82) is 0 Å². The second kappa shape index (κ2) is 15.5. The van der Waals surface area contributed by atoms with Gasteiger partial charge >= 0.3 is 7.12 Å². The normalized spacial score (nSPS) is 11.4. The molecule has 0 aliphatic heterocycles. The van der Waals surface area contributed by atoms with Gasteiger partial charge in [0.25, 0.3) is 0 Å². The maximum atomic E-state index is 8.65. The highest BCUT2D eigenvalue weighted by atomic mass is 35.5. The van der Waals surface area contributed by atoms with Crippen LogP contribution >= 0.6 is 34.8 Å². The molecule has 0 bridgehead atoms. The number of fused-ring (bicyclic) bond motifs is 16. The van der Waals surface area contributed by atoms with Crippen LogP contribution in [0.25, 0.3) is 98.7 Å². The zero-order valence-corrected chi connectivity index (χ0v) is 33.5. The molecule has 0 atom stereocenters. The number of furan rings is 2. The molecule has 0 amide bonds. The molecule has 0 saturated carbocycles. The smallest absolute Gasteiger partial charge is 0.436 e. The summed E-state index contributed by atoms with van der Waals surface area (Å²) >= 11 is 17.8. The molecular weight excluding hydrogens is 814 g/mol. The van der Waals surface area contributed by atoms with Crippen molar-refractivity contribution in [1.82, 2.24) is 19.9 Å². The van der Waals surface area contributed by atoms with E-state index in [0.717, 1.165) is 65.6 Å². The Kier molecular flexibility index (Phi) is 9.76. The highest BCUT2D eigenvalue weighted by Gasteiger charge is 2.19. The molecule has 8 nitrogen and oxygen atoms in total. The lowest BCUT2D eigenvalue weighted by Gasteiger charge is -2.05. The van der Waals surface area contributed by atoms with Gasteiger partial charge in [0.1, 0.15) is 27.4 Å². The Hall–Kier alpha value is -6.59. The van der Waals surface area contributed by atoms with E-state index in [-0.39, 0.29) is 0 Å². The molecule has 12 rings (SSSR count). The molecule has 4 aromatic heterocycles. The van der Waals surface area contributed by atoms with Crippen LogP contribution in [0.1, 0.15) is 0 Å². The summed E-state index contributed by atoms with van der Waals surface area (Å²) in [6.07, 6.45) is 3.25. The van der Waals surface area contributed by atoms with Crippen LogP contribution < -0.4 is 5.46 Å². The van der Waals surface area contributed by atoms with Crippen molar-refractivity contribution in [2.45, 2.75) is 0 Å². The lowest BCUT2D eigenvalue weighted by molar-refractivity contribution is 0.426.